The van der Waals surface area contributed by atoms with Crippen LogP contribution in [0.3, 0.4) is 0 Å². The van der Waals surface area contributed by atoms with E-state index in [4.69, 9.17) is 5.21 Å². The van der Waals surface area contributed by atoms with E-state index in [1.54, 1.807) is 24.3 Å². The van der Waals surface area contributed by atoms with Gasteiger partial charge in [0, 0.05) is 5.56 Å². The van der Waals surface area contributed by atoms with Crippen LogP contribution >= 0.6 is 0 Å². The largest absolute Gasteiger partial charge is 0.391 e. The lowest BCUT2D eigenvalue weighted by molar-refractivity contribution is -0.133. The molecule has 2 rings (SSSR count). The van der Waals surface area contributed by atoms with Gasteiger partial charge < -0.3 is 10.4 Å². The van der Waals surface area contributed by atoms with Crippen molar-refractivity contribution in [2.24, 2.45) is 0 Å². The molecule has 2 unspecified atom stereocenters. The molecule has 6 heteroatoms. The summed E-state index contributed by atoms with van der Waals surface area (Å²) in [6.07, 6.45) is -1.14. The van der Waals surface area contributed by atoms with Crippen LogP contribution in [0, 0.1) is 0 Å². The third kappa shape index (κ3) is 4.15. The summed E-state index contributed by atoms with van der Waals surface area (Å²) < 4.78 is 0. The molecule has 2 atom stereocenters. The van der Waals surface area contributed by atoms with Gasteiger partial charge >= 0.3 is 0 Å². The minimum absolute atomic E-state index is 0.348. The van der Waals surface area contributed by atoms with Crippen LogP contribution in [-0.4, -0.2) is 34.3 Å². The molecule has 0 saturated carbocycles. The maximum Gasteiger partial charge on any atom is 0.268 e. The summed E-state index contributed by atoms with van der Waals surface area (Å²) in [6, 6.07) is 15.3. The van der Waals surface area contributed by atoms with Crippen molar-refractivity contribution >= 4 is 11.8 Å². The first-order chi connectivity index (χ1) is 11.0. The molecule has 0 saturated heterocycles. The first-order valence-electron chi connectivity index (χ1n) is 7.11. The van der Waals surface area contributed by atoms with Crippen molar-refractivity contribution in [3.63, 3.8) is 0 Å². The summed E-state index contributed by atoms with van der Waals surface area (Å²) >= 11 is 0. The van der Waals surface area contributed by atoms with Crippen LogP contribution in [0.4, 0.5) is 0 Å². The second-order valence-electron chi connectivity index (χ2n) is 5.11. The molecule has 0 heterocycles. The van der Waals surface area contributed by atoms with E-state index in [0.29, 0.717) is 5.56 Å². The lowest BCUT2D eigenvalue weighted by Crippen LogP contribution is -2.51. The monoisotopic (exact) mass is 314 g/mol. The van der Waals surface area contributed by atoms with Crippen molar-refractivity contribution < 1.29 is 19.9 Å². The third-order valence-corrected chi connectivity index (χ3v) is 3.42. The first kappa shape index (κ1) is 16.7. The van der Waals surface area contributed by atoms with Gasteiger partial charge in [-0.25, -0.2) is 5.48 Å². The Bertz CT molecular complexity index is 669. The van der Waals surface area contributed by atoms with Crippen LogP contribution in [0.1, 0.15) is 17.3 Å². The highest BCUT2D eigenvalue weighted by atomic mass is 16.5. The van der Waals surface area contributed by atoms with Crippen LogP contribution in [0.5, 0.6) is 0 Å². The smallest absolute Gasteiger partial charge is 0.268 e. The van der Waals surface area contributed by atoms with E-state index in [9.17, 15) is 14.7 Å². The zero-order valence-corrected chi connectivity index (χ0v) is 12.6. The molecule has 0 radical (unpaired) electrons. The minimum Gasteiger partial charge on any atom is -0.391 e. The Morgan fingerprint density at radius 3 is 2.04 bits per heavy atom. The van der Waals surface area contributed by atoms with Gasteiger partial charge in [-0.15, -0.1) is 0 Å². The molecule has 0 aliphatic rings. The van der Waals surface area contributed by atoms with Crippen LogP contribution in [-0.2, 0) is 4.79 Å². The van der Waals surface area contributed by atoms with Crippen molar-refractivity contribution in [1.82, 2.24) is 10.8 Å². The lowest BCUT2D eigenvalue weighted by Gasteiger charge is -2.19. The molecule has 23 heavy (non-hydrogen) atoms. The van der Waals surface area contributed by atoms with E-state index in [2.05, 4.69) is 5.32 Å². The number of amides is 2. The highest BCUT2D eigenvalue weighted by Crippen LogP contribution is 2.19. The molecule has 2 amide bonds. The number of nitrogens with one attached hydrogen (secondary N) is 2. The number of hydrogen-bond acceptors (Lipinski definition) is 4. The Balaban J connectivity index is 2.12. The molecule has 0 fully saturated rings. The number of aliphatic hydroxyl groups is 1. The van der Waals surface area contributed by atoms with Gasteiger partial charge in [0.05, 0.1) is 6.10 Å². The van der Waals surface area contributed by atoms with Gasteiger partial charge in [-0.05, 0) is 30.2 Å². The van der Waals surface area contributed by atoms with Crippen LogP contribution in [0.2, 0.25) is 0 Å². The average Bonchev–Trinajstić information content (AvgIpc) is 2.59. The molecule has 0 spiro atoms. The second-order valence-corrected chi connectivity index (χ2v) is 5.11. The summed E-state index contributed by atoms with van der Waals surface area (Å²) in [7, 11) is 0. The zero-order chi connectivity index (χ0) is 16.8. The second kappa shape index (κ2) is 7.53. The fourth-order valence-corrected chi connectivity index (χ4v) is 2.14. The van der Waals surface area contributed by atoms with E-state index >= 15 is 0 Å². The van der Waals surface area contributed by atoms with Crippen molar-refractivity contribution in [1.29, 1.82) is 0 Å². The molecule has 120 valence electrons. The van der Waals surface area contributed by atoms with Gasteiger partial charge in [0.1, 0.15) is 6.04 Å². The first-order valence-corrected chi connectivity index (χ1v) is 7.11. The fourth-order valence-electron chi connectivity index (χ4n) is 2.14. The maximum atomic E-state index is 12.1. The highest BCUT2D eigenvalue weighted by molar-refractivity contribution is 5.97. The molecule has 6 nitrogen and oxygen atoms in total. The van der Waals surface area contributed by atoms with Crippen molar-refractivity contribution in [3.05, 3.63) is 60.2 Å². The number of hydrogen-bond donors (Lipinski definition) is 4. The molecular formula is C17H18N2O4. The summed E-state index contributed by atoms with van der Waals surface area (Å²) in [5.41, 5.74) is 3.76. The summed E-state index contributed by atoms with van der Waals surface area (Å²) in [4.78, 5) is 23.6. The Hall–Kier alpha value is -2.70. The molecule has 2 aromatic rings. The van der Waals surface area contributed by atoms with E-state index in [-0.39, 0.29) is 0 Å². The van der Waals surface area contributed by atoms with E-state index < -0.39 is 24.0 Å². The van der Waals surface area contributed by atoms with Gasteiger partial charge in [0.25, 0.3) is 11.8 Å². The van der Waals surface area contributed by atoms with Crippen LogP contribution in [0.15, 0.2) is 54.6 Å². The predicted octanol–water partition coefficient (Wildman–Crippen LogP) is 1.34. The third-order valence-electron chi connectivity index (χ3n) is 3.42. The highest BCUT2D eigenvalue weighted by Gasteiger charge is 2.25. The van der Waals surface area contributed by atoms with E-state index in [0.717, 1.165) is 11.1 Å². The molecule has 0 aliphatic heterocycles. The number of aliphatic hydroxyl groups excluding tert-OH is 1. The van der Waals surface area contributed by atoms with Gasteiger partial charge in [-0.2, -0.15) is 0 Å². The Morgan fingerprint density at radius 1 is 0.957 bits per heavy atom. The average molecular weight is 314 g/mol. The summed E-state index contributed by atoms with van der Waals surface area (Å²) in [6.45, 7) is 1.35. The zero-order valence-electron chi connectivity index (χ0n) is 12.6. The standard InChI is InChI=1S/C17H18N2O4/c1-11(20)15(17(22)19-23)18-16(21)14-9-7-13(8-10-14)12-5-3-2-4-6-12/h2-11,15,20,23H,1H3,(H,18,21)(H,19,22). The lowest BCUT2D eigenvalue weighted by atomic mass is 10.0. The van der Waals surface area contributed by atoms with E-state index in [1.165, 1.54) is 12.4 Å². The Labute approximate surface area is 133 Å². The Kier molecular flexibility index (Phi) is 5.46. The van der Waals surface area contributed by atoms with Crippen molar-refractivity contribution in [2.75, 3.05) is 0 Å². The van der Waals surface area contributed by atoms with Crippen LogP contribution in [0.25, 0.3) is 11.1 Å². The maximum absolute atomic E-state index is 12.1. The number of carbonyl (C=O) groups is 2. The predicted molar refractivity (Wildman–Crippen MR) is 84.7 cm³/mol. The fraction of sp³-hybridized carbons (Fsp3) is 0.176. The molecule has 0 bridgehead atoms. The van der Waals surface area contributed by atoms with Gasteiger partial charge in [0.15, 0.2) is 0 Å². The topological polar surface area (TPSA) is 98.7 Å². The summed E-state index contributed by atoms with van der Waals surface area (Å²) in [5.74, 6) is -1.40. The van der Waals surface area contributed by atoms with Crippen molar-refractivity contribution in [3.8, 4) is 11.1 Å². The quantitative estimate of drug-likeness (QED) is 0.494. The molecule has 4 N–H and O–H groups in total. The van der Waals surface area contributed by atoms with Crippen LogP contribution < -0.4 is 10.8 Å². The number of hydroxylamine groups is 1. The molecule has 0 aliphatic carbocycles. The normalized spacial score (nSPS) is 13.0. The minimum atomic E-state index is -1.23. The number of benzene rings is 2. The number of rotatable bonds is 5. The molecular weight excluding hydrogens is 296 g/mol. The molecule has 2 aromatic carbocycles. The van der Waals surface area contributed by atoms with Crippen molar-refractivity contribution in [2.45, 2.75) is 19.1 Å². The van der Waals surface area contributed by atoms with E-state index in [1.807, 2.05) is 30.3 Å². The van der Waals surface area contributed by atoms with Gasteiger partial charge in [-0.3, -0.25) is 14.8 Å². The molecule has 0 aromatic heterocycles. The van der Waals surface area contributed by atoms with Gasteiger partial charge in [0.2, 0.25) is 0 Å². The number of carbonyl (C=O) groups excluding carboxylic acids is 2. The van der Waals surface area contributed by atoms with Gasteiger partial charge in [-0.1, -0.05) is 42.5 Å². The Morgan fingerprint density at radius 2 is 1.52 bits per heavy atom. The summed E-state index contributed by atoms with van der Waals surface area (Å²) in [5, 5.41) is 20.5. The SMILES string of the molecule is CC(O)C(NC(=O)c1ccc(-c2ccccc2)cc1)C(=O)NO.